The molecule has 1 aliphatic carbocycles. The highest BCUT2D eigenvalue weighted by molar-refractivity contribution is 7.89. The SMILES string of the molecule is CN1C(=O)/C(=C\c2cc3c([nH]2)CCCC3)c2cc(S(=O)(=O)N(C)C)ccc21. The molecule has 0 saturated carbocycles. The number of aromatic nitrogens is 1. The number of fused-ring (bicyclic) bond motifs is 2. The average molecular weight is 385 g/mol. The maximum atomic E-state index is 12.8. The van der Waals surface area contributed by atoms with Crippen molar-refractivity contribution in [3.05, 3.63) is 46.8 Å². The summed E-state index contributed by atoms with van der Waals surface area (Å²) in [4.78, 5) is 18.0. The molecule has 7 heteroatoms. The van der Waals surface area contributed by atoms with Crippen molar-refractivity contribution in [3.8, 4) is 0 Å². The van der Waals surface area contributed by atoms with Crippen LogP contribution in [-0.4, -0.2) is 44.8 Å². The number of hydrogen-bond donors (Lipinski definition) is 1. The normalized spacial score (nSPS) is 18.3. The maximum absolute atomic E-state index is 12.8. The number of likely N-dealkylation sites (N-methyl/N-ethyl adjacent to an activating group) is 1. The molecule has 0 spiro atoms. The summed E-state index contributed by atoms with van der Waals surface area (Å²) in [6.45, 7) is 0. The predicted octanol–water partition coefficient (Wildman–Crippen LogP) is 2.66. The van der Waals surface area contributed by atoms with E-state index in [0.29, 0.717) is 11.1 Å². The Morgan fingerprint density at radius 3 is 2.59 bits per heavy atom. The first-order chi connectivity index (χ1) is 12.8. The van der Waals surface area contributed by atoms with E-state index in [-0.39, 0.29) is 10.8 Å². The summed E-state index contributed by atoms with van der Waals surface area (Å²) in [5.74, 6) is -0.128. The molecule has 2 heterocycles. The van der Waals surface area contributed by atoms with E-state index in [1.54, 1.807) is 30.1 Å². The van der Waals surface area contributed by atoms with Gasteiger partial charge in [0, 0.05) is 38.1 Å². The summed E-state index contributed by atoms with van der Waals surface area (Å²) in [5, 5.41) is 0. The summed E-state index contributed by atoms with van der Waals surface area (Å²) < 4.78 is 26.2. The van der Waals surface area contributed by atoms with Gasteiger partial charge in [0.15, 0.2) is 0 Å². The van der Waals surface area contributed by atoms with Crippen LogP contribution in [0.15, 0.2) is 29.2 Å². The highest BCUT2D eigenvalue weighted by atomic mass is 32.2. The van der Waals surface area contributed by atoms with Crippen LogP contribution in [0, 0.1) is 0 Å². The maximum Gasteiger partial charge on any atom is 0.258 e. The summed E-state index contributed by atoms with van der Waals surface area (Å²) in [6, 6.07) is 6.95. The number of amides is 1. The number of carbonyl (C=O) groups excluding carboxylic acids is 1. The molecule has 2 aromatic rings. The molecule has 0 bridgehead atoms. The number of aryl methyl sites for hydroxylation is 2. The van der Waals surface area contributed by atoms with Crippen molar-refractivity contribution in [2.75, 3.05) is 26.0 Å². The van der Waals surface area contributed by atoms with E-state index < -0.39 is 10.0 Å². The first-order valence-corrected chi connectivity index (χ1v) is 10.5. The predicted molar refractivity (Wildman–Crippen MR) is 106 cm³/mol. The highest BCUT2D eigenvalue weighted by Gasteiger charge is 2.32. The van der Waals surface area contributed by atoms with Crippen molar-refractivity contribution in [2.24, 2.45) is 0 Å². The fourth-order valence-corrected chi connectivity index (χ4v) is 4.73. The zero-order valence-electron chi connectivity index (χ0n) is 15.7. The molecule has 1 aromatic carbocycles. The van der Waals surface area contributed by atoms with Gasteiger partial charge in [-0.05, 0) is 61.6 Å². The molecular formula is C20H23N3O3S. The smallest absolute Gasteiger partial charge is 0.258 e. The van der Waals surface area contributed by atoms with E-state index in [1.807, 2.05) is 6.08 Å². The number of carbonyl (C=O) groups is 1. The van der Waals surface area contributed by atoms with Crippen LogP contribution in [0.25, 0.3) is 11.6 Å². The Kier molecular flexibility index (Phi) is 4.24. The number of H-pyrrole nitrogens is 1. The van der Waals surface area contributed by atoms with Crippen LogP contribution in [0.1, 0.15) is 35.4 Å². The van der Waals surface area contributed by atoms with Crippen molar-refractivity contribution < 1.29 is 13.2 Å². The molecule has 0 atom stereocenters. The van der Waals surface area contributed by atoms with E-state index in [1.165, 1.54) is 42.5 Å². The van der Waals surface area contributed by atoms with Crippen LogP contribution in [0.2, 0.25) is 0 Å². The van der Waals surface area contributed by atoms with Gasteiger partial charge in [-0.25, -0.2) is 12.7 Å². The largest absolute Gasteiger partial charge is 0.359 e. The van der Waals surface area contributed by atoms with Gasteiger partial charge in [0.1, 0.15) is 0 Å². The summed E-state index contributed by atoms with van der Waals surface area (Å²) in [5.41, 5.74) is 5.35. The minimum Gasteiger partial charge on any atom is -0.359 e. The van der Waals surface area contributed by atoms with Crippen molar-refractivity contribution >= 4 is 33.3 Å². The molecule has 142 valence electrons. The van der Waals surface area contributed by atoms with Crippen LogP contribution in [0.3, 0.4) is 0 Å². The summed E-state index contributed by atoms with van der Waals surface area (Å²) >= 11 is 0. The lowest BCUT2D eigenvalue weighted by molar-refractivity contribution is -0.112. The second-order valence-electron chi connectivity index (χ2n) is 7.32. The zero-order chi connectivity index (χ0) is 19.3. The molecule has 1 N–H and O–H groups in total. The molecule has 0 fully saturated rings. The first-order valence-electron chi connectivity index (χ1n) is 9.06. The van der Waals surface area contributed by atoms with Gasteiger partial charge in [-0.15, -0.1) is 0 Å². The van der Waals surface area contributed by atoms with Gasteiger partial charge in [-0.2, -0.15) is 0 Å². The van der Waals surface area contributed by atoms with Crippen LogP contribution < -0.4 is 4.90 Å². The van der Waals surface area contributed by atoms with E-state index in [4.69, 9.17) is 0 Å². The Balaban J connectivity index is 1.82. The third kappa shape index (κ3) is 2.91. The van der Waals surface area contributed by atoms with Crippen LogP contribution in [0.5, 0.6) is 0 Å². The number of anilines is 1. The summed E-state index contributed by atoms with van der Waals surface area (Å²) in [7, 11) is 1.15. The van der Waals surface area contributed by atoms with Gasteiger partial charge in [0.25, 0.3) is 5.91 Å². The minimum atomic E-state index is -3.56. The van der Waals surface area contributed by atoms with E-state index in [9.17, 15) is 13.2 Å². The Labute approximate surface area is 159 Å². The molecule has 2 aliphatic rings. The monoisotopic (exact) mass is 385 g/mol. The standard InChI is InChI=1S/C20H23N3O3S/c1-22(2)27(25,26)15-8-9-19-16(12-15)17(20(24)23(19)3)11-14-10-13-6-4-5-7-18(13)21-14/h8-12,21H,4-7H2,1-3H3/b17-11-. The molecule has 1 aliphatic heterocycles. The second kappa shape index (κ2) is 6.35. The fraction of sp³-hybridized carbons (Fsp3) is 0.350. The number of sulfonamides is 1. The molecule has 27 heavy (non-hydrogen) atoms. The van der Waals surface area contributed by atoms with Gasteiger partial charge in [0.2, 0.25) is 10.0 Å². The number of hydrogen-bond acceptors (Lipinski definition) is 3. The molecule has 6 nitrogen and oxygen atoms in total. The lowest BCUT2D eigenvalue weighted by Crippen LogP contribution is -2.22. The molecular weight excluding hydrogens is 362 g/mol. The van der Waals surface area contributed by atoms with Gasteiger partial charge < -0.3 is 9.88 Å². The van der Waals surface area contributed by atoms with Crippen molar-refractivity contribution in [2.45, 2.75) is 30.6 Å². The lowest BCUT2D eigenvalue weighted by Gasteiger charge is -2.13. The van der Waals surface area contributed by atoms with E-state index >= 15 is 0 Å². The van der Waals surface area contributed by atoms with Crippen LogP contribution in [0.4, 0.5) is 5.69 Å². The van der Waals surface area contributed by atoms with Crippen LogP contribution in [-0.2, 0) is 27.7 Å². The molecule has 4 rings (SSSR count). The first kappa shape index (κ1) is 18.0. The number of benzene rings is 1. The molecule has 1 amide bonds. The molecule has 1 aromatic heterocycles. The number of aromatic amines is 1. The molecule has 0 saturated heterocycles. The topological polar surface area (TPSA) is 73.5 Å². The zero-order valence-corrected chi connectivity index (χ0v) is 16.6. The van der Waals surface area contributed by atoms with E-state index in [2.05, 4.69) is 11.1 Å². The fourth-order valence-electron chi connectivity index (χ4n) is 3.80. The number of nitrogens with one attached hydrogen (secondary N) is 1. The van der Waals surface area contributed by atoms with Crippen LogP contribution >= 0.6 is 0 Å². The Hall–Kier alpha value is -2.38. The third-order valence-corrected chi connectivity index (χ3v) is 7.18. The average Bonchev–Trinajstić information content (AvgIpc) is 3.16. The van der Waals surface area contributed by atoms with Gasteiger partial charge in [-0.3, -0.25) is 4.79 Å². The Morgan fingerprint density at radius 1 is 1.15 bits per heavy atom. The van der Waals surface area contributed by atoms with Crippen molar-refractivity contribution in [1.29, 1.82) is 0 Å². The second-order valence-corrected chi connectivity index (χ2v) is 9.48. The highest BCUT2D eigenvalue weighted by Crippen LogP contribution is 2.38. The van der Waals surface area contributed by atoms with Gasteiger partial charge in [-0.1, -0.05) is 0 Å². The van der Waals surface area contributed by atoms with E-state index in [0.717, 1.165) is 24.2 Å². The Bertz CT molecular complexity index is 1040. The van der Waals surface area contributed by atoms with Crippen molar-refractivity contribution in [1.82, 2.24) is 9.29 Å². The number of rotatable bonds is 3. The molecule has 0 unspecified atom stereocenters. The molecule has 0 radical (unpaired) electrons. The van der Waals surface area contributed by atoms with Crippen molar-refractivity contribution in [3.63, 3.8) is 0 Å². The quantitative estimate of drug-likeness (QED) is 0.826. The lowest BCUT2D eigenvalue weighted by atomic mass is 9.98. The summed E-state index contributed by atoms with van der Waals surface area (Å²) in [6.07, 6.45) is 6.31. The Morgan fingerprint density at radius 2 is 1.89 bits per heavy atom. The van der Waals surface area contributed by atoms with Gasteiger partial charge >= 0.3 is 0 Å². The minimum absolute atomic E-state index is 0.128. The third-order valence-electron chi connectivity index (χ3n) is 5.37. The van der Waals surface area contributed by atoms with Gasteiger partial charge in [0.05, 0.1) is 16.2 Å². The number of nitrogens with zero attached hydrogens (tertiary/aromatic N) is 2.